The first-order valence-electron chi connectivity index (χ1n) is 7.92. The highest BCUT2D eigenvalue weighted by Gasteiger charge is 2.17. The highest BCUT2D eigenvalue weighted by Crippen LogP contribution is 2.32. The van der Waals surface area contributed by atoms with Crippen molar-refractivity contribution in [3.63, 3.8) is 0 Å². The Bertz CT molecular complexity index is 764. The highest BCUT2D eigenvalue weighted by molar-refractivity contribution is 5.83. The Morgan fingerprint density at radius 1 is 1.20 bits per heavy atom. The monoisotopic (exact) mass is 341 g/mol. The van der Waals surface area contributed by atoms with Crippen molar-refractivity contribution in [2.45, 2.75) is 20.0 Å². The van der Waals surface area contributed by atoms with Crippen LogP contribution >= 0.6 is 0 Å². The van der Waals surface area contributed by atoms with Gasteiger partial charge >= 0.3 is 0 Å². The topological polar surface area (TPSA) is 80.8 Å². The van der Waals surface area contributed by atoms with Gasteiger partial charge in [-0.1, -0.05) is 12.1 Å². The molecule has 25 heavy (non-hydrogen) atoms. The fourth-order valence-electron chi connectivity index (χ4n) is 2.46. The summed E-state index contributed by atoms with van der Waals surface area (Å²) in [6.45, 7) is 2.28. The lowest BCUT2D eigenvalue weighted by Crippen LogP contribution is -2.39. The number of pyridine rings is 1. The second-order valence-electron chi connectivity index (χ2n) is 5.66. The zero-order valence-corrected chi connectivity index (χ0v) is 13.9. The molecule has 1 aromatic heterocycles. The van der Waals surface area contributed by atoms with Crippen LogP contribution in [0.5, 0.6) is 11.5 Å². The number of carbonyl (C=O) groups excluding carboxylic acids is 2. The number of aromatic nitrogens is 1. The molecule has 0 bridgehead atoms. The Morgan fingerprint density at radius 2 is 2.04 bits per heavy atom. The van der Waals surface area contributed by atoms with E-state index in [0.717, 1.165) is 11.3 Å². The zero-order chi connectivity index (χ0) is 17.6. The van der Waals surface area contributed by atoms with Gasteiger partial charge in [0.15, 0.2) is 11.5 Å². The smallest absolute Gasteiger partial charge is 0.239 e. The molecule has 0 spiro atoms. The molecular formula is C18H19N3O4. The van der Waals surface area contributed by atoms with Crippen molar-refractivity contribution in [3.8, 4) is 11.5 Å². The summed E-state index contributed by atoms with van der Waals surface area (Å²) in [6.07, 6.45) is 1.67. The van der Waals surface area contributed by atoms with Crippen molar-refractivity contribution in [3.05, 3.63) is 53.9 Å². The summed E-state index contributed by atoms with van der Waals surface area (Å²) in [5.41, 5.74) is 1.64. The summed E-state index contributed by atoms with van der Waals surface area (Å²) >= 11 is 0. The summed E-state index contributed by atoms with van der Waals surface area (Å²) in [7, 11) is 0. The molecule has 0 unspecified atom stereocenters. The van der Waals surface area contributed by atoms with Gasteiger partial charge in [-0.05, 0) is 29.8 Å². The van der Waals surface area contributed by atoms with Gasteiger partial charge in [-0.2, -0.15) is 0 Å². The number of amides is 2. The lowest BCUT2D eigenvalue weighted by Gasteiger charge is -2.20. The number of nitrogens with zero attached hydrogens (tertiary/aromatic N) is 2. The SMILES string of the molecule is CC(=O)N(CC(=O)NCc1ccccn1)Cc1ccc2c(c1)OCO2. The maximum absolute atomic E-state index is 12.1. The molecule has 0 aliphatic carbocycles. The molecule has 7 nitrogen and oxygen atoms in total. The number of carbonyl (C=O) groups is 2. The summed E-state index contributed by atoms with van der Waals surface area (Å²) in [5.74, 6) is 0.930. The second kappa shape index (κ2) is 7.65. The van der Waals surface area contributed by atoms with E-state index in [2.05, 4.69) is 10.3 Å². The Labute approximate surface area is 145 Å². The van der Waals surface area contributed by atoms with E-state index in [1.165, 1.54) is 11.8 Å². The Balaban J connectivity index is 1.57. The Hall–Kier alpha value is -3.09. The average Bonchev–Trinajstić information content (AvgIpc) is 3.08. The van der Waals surface area contributed by atoms with Crippen LogP contribution < -0.4 is 14.8 Å². The molecule has 0 radical (unpaired) electrons. The normalized spacial score (nSPS) is 11.9. The van der Waals surface area contributed by atoms with Crippen molar-refractivity contribution < 1.29 is 19.1 Å². The summed E-state index contributed by atoms with van der Waals surface area (Å²) in [5, 5.41) is 2.77. The van der Waals surface area contributed by atoms with Crippen LogP contribution in [0.3, 0.4) is 0 Å². The molecule has 2 heterocycles. The predicted molar refractivity (Wildman–Crippen MR) is 89.7 cm³/mol. The highest BCUT2D eigenvalue weighted by atomic mass is 16.7. The van der Waals surface area contributed by atoms with E-state index in [0.29, 0.717) is 24.6 Å². The zero-order valence-electron chi connectivity index (χ0n) is 13.9. The number of fused-ring (bicyclic) bond motifs is 1. The first kappa shape index (κ1) is 16.8. The third-order valence-electron chi connectivity index (χ3n) is 3.78. The fraction of sp³-hybridized carbons (Fsp3) is 0.278. The molecule has 1 aliphatic rings. The van der Waals surface area contributed by atoms with Gasteiger partial charge in [0.1, 0.15) is 0 Å². The van der Waals surface area contributed by atoms with Crippen LogP contribution in [0.4, 0.5) is 0 Å². The fourth-order valence-corrected chi connectivity index (χ4v) is 2.46. The number of benzene rings is 1. The molecule has 2 aromatic rings. The third-order valence-corrected chi connectivity index (χ3v) is 3.78. The summed E-state index contributed by atoms with van der Waals surface area (Å²) in [6, 6.07) is 11.0. The molecule has 130 valence electrons. The largest absolute Gasteiger partial charge is 0.454 e. The van der Waals surface area contributed by atoms with Crippen LogP contribution in [0.15, 0.2) is 42.6 Å². The third kappa shape index (κ3) is 4.47. The standard InChI is InChI=1S/C18H19N3O4/c1-13(22)21(10-14-5-6-16-17(8-14)25-12-24-16)11-18(23)20-9-15-4-2-3-7-19-15/h2-8H,9-12H2,1H3,(H,20,23). The molecule has 3 rings (SSSR count). The molecule has 7 heteroatoms. The molecule has 0 fully saturated rings. The minimum absolute atomic E-state index is 0.0173. The van der Waals surface area contributed by atoms with E-state index < -0.39 is 0 Å². The van der Waals surface area contributed by atoms with Crippen LogP contribution in [0, 0.1) is 0 Å². The first-order chi connectivity index (χ1) is 12.1. The minimum atomic E-state index is -0.235. The molecule has 1 N–H and O–H groups in total. The van der Waals surface area contributed by atoms with Gasteiger partial charge in [-0.15, -0.1) is 0 Å². The molecular weight excluding hydrogens is 322 g/mol. The number of nitrogens with one attached hydrogen (secondary N) is 1. The molecule has 0 saturated heterocycles. The van der Waals surface area contributed by atoms with Crippen molar-refractivity contribution in [1.29, 1.82) is 0 Å². The Morgan fingerprint density at radius 3 is 2.80 bits per heavy atom. The average molecular weight is 341 g/mol. The maximum atomic E-state index is 12.1. The van der Waals surface area contributed by atoms with E-state index in [1.54, 1.807) is 12.3 Å². The predicted octanol–water partition coefficient (Wildman–Crippen LogP) is 1.48. The van der Waals surface area contributed by atoms with E-state index in [-0.39, 0.29) is 25.2 Å². The Kier molecular flexibility index (Phi) is 5.13. The molecule has 1 aliphatic heterocycles. The van der Waals surface area contributed by atoms with E-state index >= 15 is 0 Å². The van der Waals surface area contributed by atoms with Gasteiger partial charge in [0.2, 0.25) is 18.6 Å². The van der Waals surface area contributed by atoms with Gasteiger partial charge in [-0.25, -0.2) is 0 Å². The molecule has 0 saturated carbocycles. The molecule has 0 atom stereocenters. The van der Waals surface area contributed by atoms with Gasteiger partial charge < -0.3 is 19.7 Å². The van der Waals surface area contributed by atoms with Crippen molar-refractivity contribution >= 4 is 11.8 Å². The quantitative estimate of drug-likeness (QED) is 0.861. The number of rotatable bonds is 6. The van der Waals surface area contributed by atoms with Crippen LogP contribution in [0.1, 0.15) is 18.2 Å². The molecule has 2 amide bonds. The summed E-state index contributed by atoms with van der Waals surface area (Å²) in [4.78, 5) is 29.6. The van der Waals surface area contributed by atoms with E-state index in [4.69, 9.17) is 9.47 Å². The van der Waals surface area contributed by atoms with Gasteiger partial charge in [0.25, 0.3) is 0 Å². The number of hydrogen-bond donors (Lipinski definition) is 1. The van der Waals surface area contributed by atoms with Gasteiger partial charge in [0.05, 0.1) is 18.8 Å². The number of hydrogen-bond acceptors (Lipinski definition) is 5. The van der Waals surface area contributed by atoms with Crippen molar-refractivity contribution in [2.24, 2.45) is 0 Å². The van der Waals surface area contributed by atoms with Crippen LogP contribution in [-0.2, 0) is 22.7 Å². The first-order valence-corrected chi connectivity index (χ1v) is 7.92. The van der Waals surface area contributed by atoms with Gasteiger partial charge in [0, 0.05) is 19.7 Å². The van der Waals surface area contributed by atoms with Crippen molar-refractivity contribution in [1.82, 2.24) is 15.2 Å². The van der Waals surface area contributed by atoms with E-state index in [9.17, 15) is 9.59 Å². The van der Waals surface area contributed by atoms with Crippen LogP contribution in [0.25, 0.3) is 0 Å². The van der Waals surface area contributed by atoms with Crippen molar-refractivity contribution in [2.75, 3.05) is 13.3 Å². The second-order valence-corrected chi connectivity index (χ2v) is 5.66. The lowest BCUT2D eigenvalue weighted by atomic mass is 10.2. The lowest BCUT2D eigenvalue weighted by molar-refractivity contribution is -0.135. The maximum Gasteiger partial charge on any atom is 0.239 e. The summed E-state index contributed by atoms with van der Waals surface area (Å²) < 4.78 is 10.6. The molecule has 1 aromatic carbocycles. The number of ether oxygens (including phenoxy) is 2. The van der Waals surface area contributed by atoms with Crippen LogP contribution in [-0.4, -0.2) is 35.0 Å². The van der Waals surface area contributed by atoms with Gasteiger partial charge in [-0.3, -0.25) is 14.6 Å². The minimum Gasteiger partial charge on any atom is -0.454 e. The van der Waals surface area contributed by atoms with E-state index in [1.807, 2.05) is 30.3 Å². The van der Waals surface area contributed by atoms with Crippen LogP contribution in [0.2, 0.25) is 0 Å².